The van der Waals surface area contributed by atoms with Gasteiger partial charge >= 0.3 is 0 Å². The molecule has 2 fully saturated rings. The first-order valence-electron chi connectivity index (χ1n) is 9.11. The summed E-state index contributed by atoms with van der Waals surface area (Å²) in [7, 11) is 0. The van der Waals surface area contributed by atoms with Gasteiger partial charge in [-0.3, -0.25) is 9.69 Å². The molecule has 2 aliphatic heterocycles. The summed E-state index contributed by atoms with van der Waals surface area (Å²) in [6.07, 6.45) is 5.79. The van der Waals surface area contributed by atoms with Gasteiger partial charge in [0, 0.05) is 12.6 Å². The van der Waals surface area contributed by atoms with Crippen molar-refractivity contribution in [3.8, 4) is 0 Å². The van der Waals surface area contributed by atoms with Gasteiger partial charge in [0.2, 0.25) is 5.91 Å². The van der Waals surface area contributed by atoms with Crippen molar-refractivity contribution in [3.63, 3.8) is 0 Å². The van der Waals surface area contributed by atoms with E-state index in [2.05, 4.69) is 10.2 Å². The number of rotatable bonds is 6. The van der Waals surface area contributed by atoms with Gasteiger partial charge in [-0.15, -0.1) is 0 Å². The van der Waals surface area contributed by atoms with E-state index in [-0.39, 0.29) is 11.9 Å². The SMILES string of the molecule is NC(=O)[C@H](Cc1ccccc1)NC[C@]1(O)CCCN2CCCC[C@@H]21. The molecule has 1 aromatic rings. The lowest BCUT2D eigenvalue weighted by Gasteiger charge is -2.49. The Kier molecular flexibility index (Phi) is 5.54. The fourth-order valence-corrected chi connectivity index (χ4v) is 4.25. The normalized spacial score (nSPS) is 29.0. The second-order valence-electron chi connectivity index (χ2n) is 7.28. The highest BCUT2D eigenvalue weighted by atomic mass is 16.3. The van der Waals surface area contributed by atoms with Crippen LogP contribution < -0.4 is 11.1 Å². The molecule has 0 unspecified atom stereocenters. The summed E-state index contributed by atoms with van der Waals surface area (Å²) in [5.74, 6) is -0.362. The van der Waals surface area contributed by atoms with Gasteiger partial charge in [0.1, 0.15) is 0 Å². The van der Waals surface area contributed by atoms with Gasteiger partial charge in [0.25, 0.3) is 0 Å². The highest BCUT2D eigenvalue weighted by molar-refractivity contribution is 5.80. The summed E-state index contributed by atoms with van der Waals surface area (Å²) in [5, 5.41) is 14.5. The van der Waals surface area contributed by atoms with Crippen LogP contribution >= 0.6 is 0 Å². The average molecular weight is 331 g/mol. The Morgan fingerprint density at radius 2 is 2.04 bits per heavy atom. The number of aliphatic hydroxyl groups is 1. The Balaban J connectivity index is 1.63. The van der Waals surface area contributed by atoms with Gasteiger partial charge in [-0.2, -0.15) is 0 Å². The number of piperidine rings is 2. The molecule has 4 N–H and O–H groups in total. The zero-order chi connectivity index (χ0) is 17.0. The number of primary amides is 1. The van der Waals surface area contributed by atoms with Gasteiger partial charge in [-0.25, -0.2) is 0 Å². The molecular formula is C19H29N3O2. The summed E-state index contributed by atoms with van der Waals surface area (Å²) in [6, 6.07) is 9.63. The monoisotopic (exact) mass is 331 g/mol. The van der Waals surface area contributed by atoms with Crippen LogP contribution in [0.25, 0.3) is 0 Å². The van der Waals surface area contributed by atoms with Crippen molar-refractivity contribution in [1.29, 1.82) is 0 Å². The molecule has 0 aromatic heterocycles. The maximum Gasteiger partial charge on any atom is 0.234 e. The third kappa shape index (κ3) is 3.97. The Morgan fingerprint density at radius 1 is 1.29 bits per heavy atom. The minimum absolute atomic E-state index is 0.206. The van der Waals surface area contributed by atoms with E-state index in [1.807, 2.05) is 30.3 Å². The third-order valence-corrected chi connectivity index (χ3v) is 5.57. The highest BCUT2D eigenvalue weighted by Crippen LogP contribution is 2.33. The van der Waals surface area contributed by atoms with Crippen LogP contribution in [0.3, 0.4) is 0 Å². The van der Waals surface area contributed by atoms with Crippen LogP contribution in [0.4, 0.5) is 0 Å². The molecule has 0 saturated carbocycles. The van der Waals surface area contributed by atoms with Crippen molar-refractivity contribution in [1.82, 2.24) is 10.2 Å². The number of carbonyl (C=O) groups excluding carboxylic acids is 1. The molecule has 2 saturated heterocycles. The first-order valence-corrected chi connectivity index (χ1v) is 9.11. The van der Waals surface area contributed by atoms with E-state index in [0.717, 1.165) is 37.9 Å². The number of nitrogens with one attached hydrogen (secondary N) is 1. The minimum atomic E-state index is -0.761. The van der Waals surface area contributed by atoms with E-state index >= 15 is 0 Å². The Hall–Kier alpha value is -1.43. The van der Waals surface area contributed by atoms with Crippen molar-refractivity contribution in [2.24, 2.45) is 5.73 Å². The molecule has 1 amide bonds. The van der Waals surface area contributed by atoms with Gasteiger partial charge < -0.3 is 16.2 Å². The van der Waals surface area contributed by atoms with Crippen LogP contribution in [0.2, 0.25) is 0 Å². The van der Waals surface area contributed by atoms with Crippen molar-refractivity contribution < 1.29 is 9.90 Å². The Morgan fingerprint density at radius 3 is 2.79 bits per heavy atom. The smallest absolute Gasteiger partial charge is 0.234 e. The number of carbonyl (C=O) groups is 1. The van der Waals surface area contributed by atoms with Crippen LogP contribution in [0, 0.1) is 0 Å². The van der Waals surface area contributed by atoms with Crippen LogP contribution in [-0.4, -0.2) is 53.2 Å². The summed E-state index contributed by atoms with van der Waals surface area (Å²) in [5.41, 5.74) is 5.89. The molecule has 3 rings (SSSR count). The van der Waals surface area contributed by atoms with Gasteiger partial charge in [-0.05, 0) is 50.8 Å². The lowest BCUT2D eigenvalue weighted by molar-refractivity contribution is -0.121. The Bertz CT molecular complexity index is 549. The molecule has 24 heavy (non-hydrogen) atoms. The molecule has 3 atom stereocenters. The molecule has 0 bridgehead atoms. The molecule has 0 spiro atoms. The number of amides is 1. The van der Waals surface area contributed by atoms with E-state index in [1.165, 1.54) is 12.8 Å². The fraction of sp³-hybridized carbons (Fsp3) is 0.632. The summed E-state index contributed by atoms with van der Waals surface area (Å²) >= 11 is 0. The quantitative estimate of drug-likeness (QED) is 0.728. The summed E-state index contributed by atoms with van der Waals surface area (Å²) in [4.78, 5) is 14.3. The number of nitrogens with two attached hydrogens (primary N) is 1. The summed E-state index contributed by atoms with van der Waals surface area (Å²) < 4.78 is 0. The molecule has 132 valence electrons. The molecule has 0 aliphatic carbocycles. The molecule has 2 aliphatic rings. The van der Waals surface area contributed by atoms with Gasteiger partial charge in [-0.1, -0.05) is 36.8 Å². The van der Waals surface area contributed by atoms with Crippen molar-refractivity contribution in [3.05, 3.63) is 35.9 Å². The zero-order valence-corrected chi connectivity index (χ0v) is 14.3. The van der Waals surface area contributed by atoms with E-state index in [0.29, 0.717) is 13.0 Å². The van der Waals surface area contributed by atoms with E-state index in [9.17, 15) is 9.90 Å². The predicted molar refractivity (Wildman–Crippen MR) is 94.5 cm³/mol. The summed E-state index contributed by atoms with van der Waals surface area (Å²) in [6.45, 7) is 2.58. The van der Waals surface area contributed by atoms with Crippen molar-refractivity contribution >= 4 is 5.91 Å². The Labute approximate surface area is 144 Å². The molecule has 1 aromatic carbocycles. The molecule has 5 heteroatoms. The molecular weight excluding hydrogens is 302 g/mol. The number of hydrogen-bond donors (Lipinski definition) is 3. The van der Waals surface area contributed by atoms with Crippen molar-refractivity contribution in [2.75, 3.05) is 19.6 Å². The number of hydrogen-bond acceptors (Lipinski definition) is 4. The van der Waals surface area contributed by atoms with Crippen LogP contribution in [0.1, 0.15) is 37.7 Å². The largest absolute Gasteiger partial charge is 0.387 e. The van der Waals surface area contributed by atoms with E-state index in [1.54, 1.807) is 0 Å². The highest BCUT2D eigenvalue weighted by Gasteiger charge is 2.44. The van der Waals surface area contributed by atoms with Crippen LogP contribution in [-0.2, 0) is 11.2 Å². The first kappa shape index (κ1) is 17.4. The zero-order valence-electron chi connectivity index (χ0n) is 14.3. The standard InChI is InChI=1S/C19H29N3O2/c20-18(23)16(13-15-7-2-1-3-8-15)21-14-19(24)10-6-12-22-11-5-4-9-17(19)22/h1-3,7-8,16-17,21,24H,4-6,9-14H2,(H2,20,23)/t16-,17+,19+/m0/s1. The molecule has 0 radical (unpaired) electrons. The number of benzene rings is 1. The second kappa shape index (κ2) is 7.64. The number of fused-ring (bicyclic) bond motifs is 1. The van der Waals surface area contributed by atoms with E-state index in [4.69, 9.17) is 5.73 Å². The maximum absolute atomic E-state index is 11.8. The topological polar surface area (TPSA) is 78.6 Å². The lowest BCUT2D eigenvalue weighted by atomic mass is 9.79. The second-order valence-corrected chi connectivity index (χ2v) is 7.28. The van der Waals surface area contributed by atoms with Crippen LogP contribution in [0.15, 0.2) is 30.3 Å². The third-order valence-electron chi connectivity index (χ3n) is 5.57. The lowest BCUT2D eigenvalue weighted by Crippen LogP contribution is -2.63. The minimum Gasteiger partial charge on any atom is -0.387 e. The van der Waals surface area contributed by atoms with Gasteiger partial charge in [0.05, 0.1) is 11.6 Å². The first-order chi connectivity index (χ1) is 11.6. The predicted octanol–water partition coefficient (Wildman–Crippen LogP) is 1.05. The maximum atomic E-state index is 11.8. The van der Waals surface area contributed by atoms with Crippen molar-refractivity contribution in [2.45, 2.75) is 56.2 Å². The van der Waals surface area contributed by atoms with Crippen LogP contribution in [0.5, 0.6) is 0 Å². The van der Waals surface area contributed by atoms with Gasteiger partial charge in [0.15, 0.2) is 0 Å². The molecule has 2 heterocycles. The van der Waals surface area contributed by atoms with E-state index < -0.39 is 11.6 Å². The molecule has 5 nitrogen and oxygen atoms in total. The average Bonchev–Trinajstić information content (AvgIpc) is 2.60. The fourth-order valence-electron chi connectivity index (χ4n) is 4.25. The number of nitrogens with zero attached hydrogens (tertiary/aromatic N) is 1.